The van der Waals surface area contributed by atoms with Crippen molar-refractivity contribution in [3.05, 3.63) is 23.7 Å². The molecular formula is C20H26N6O2S. The maximum absolute atomic E-state index is 10.3. The molecule has 3 aromatic rings. The molecule has 0 amide bonds. The van der Waals surface area contributed by atoms with Crippen LogP contribution in [0.2, 0.25) is 0 Å². The molecule has 3 heterocycles. The summed E-state index contributed by atoms with van der Waals surface area (Å²) in [6.07, 6.45) is 4.16. The predicted molar refractivity (Wildman–Crippen MR) is 116 cm³/mol. The standard InChI is InChI=1S/C20H26N6O2S/c1-11-16(19-25-17-12(2)21-8-7-15(17)29-19)18(24-13-5-4-6-14(13)27)26-20(23-11)22-9-10-28-3/h7-8,13-14,27H,4-6,9-10H2,1-3H3,(H2,22,23,24,26)/t13-,14-/m0/s1. The van der Waals surface area contributed by atoms with Crippen LogP contribution in [0.25, 0.3) is 20.8 Å². The first-order chi connectivity index (χ1) is 14.1. The Morgan fingerprint density at radius 3 is 2.79 bits per heavy atom. The molecule has 8 nitrogen and oxygen atoms in total. The minimum absolute atomic E-state index is 0.0207. The third-order valence-corrected chi connectivity index (χ3v) is 6.22. The van der Waals surface area contributed by atoms with Crippen molar-refractivity contribution >= 4 is 33.3 Å². The van der Waals surface area contributed by atoms with E-state index in [4.69, 9.17) is 14.7 Å². The molecular weight excluding hydrogens is 388 g/mol. The van der Waals surface area contributed by atoms with Crippen molar-refractivity contribution in [2.75, 3.05) is 30.9 Å². The van der Waals surface area contributed by atoms with Crippen molar-refractivity contribution in [2.45, 2.75) is 45.3 Å². The van der Waals surface area contributed by atoms with Gasteiger partial charge in [-0.05, 0) is 39.2 Å². The van der Waals surface area contributed by atoms with Crippen LogP contribution >= 0.6 is 11.3 Å². The highest BCUT2D eigenvalue weighted by molar-refractivity contribution is 7.21. The Labute approximate surface area is 173 Å². The summed E-state index contributed by atoms with van der Waals surface area (Å²) in [5.74, 6) is 1.24. The van der Waals surface area contributed by atoms with Gasteiger partial charge in [-0.3, -0.25) is 4.98 Å². The number of rotatable bonds is 7. The summed E-state index contributed by atoms with van der Waals surface area (Å²) in [5, 5.41) is 17.8. The Morgan fingerprint density at radius 2 is 2.07 bits per heavy atom. The van der Waals surface area contributed by atoms with Crippen LogP contribution in [0.15, 0.2) is 12.3 Å². The van der Waals surface area contributed by atoms with Crippen LogP contribution in [0.4, 0.5) is 11.8 Å². The van der Waals surface area contributed by atoms with Crippen molar-refractivity contribution in [2.24, 2.45) is 0 Å². The number of aliphatic hydroxyl groups excluding tert-OH is 1. The van der Waals surface area contributed by atoms with E-state index in [-0.39, 0.29) is 12.1 Å². The van der Waals surface area contributed by atoms with Gasteiger partial charge in [-0.25, -0.2) is 9.97 Å². The van der Waals surface area contributed by atoms with E-state index in [0.29, 0.717) is 24.9 Å². The lowest BCUT2D eigenvalue weighted by Crippen LogP contribution is -2.29. The molecule has 1 aliphatic rings. The van der Waals surface area contributed by atoms with E-state index in [1.165, 1.54) is 0 Å². The van der Waals surface area contributed by atoms with Gasteiger partial charge in [0.25, 0.3) is 0 Å². The number of thiazole rings is 1. The van der Waals surface area contributed by atoms with Gasteiger partial charge in [-0.1, -0.05) is 0 Å². The highest BCUT2D eigenvalue weighted by atomic mass is 32.1. The van der Waals surface area contributed by atoms with E-state index in [1.54, 1.807) is 24.6 Å². The lowest BCUT2D eigenvalue weighted by atomic mass is 10.1. The average Bonchev–Trinajstić information content (AvgIpc) is 3.29. The van der Waals surface area contributed by atoms with Crippen molar-refractivity contribution < 1.29 is 9.84 Å². The quantitative estimate of drug-likeness (QED) is 0.507. The normalized spacial score (nSPS) is 19.0. The van der Waals surface area contributed by atoms with E-state index >= 15 is 0 Å². The molecule has 0 spiro atoms. The van der Waals surface area contributed by atoms with Crippen LogP contribution in [-0.4, -0.2) is 57.4 Å². The highest BCUT2D eigenvalue weighted by Gasteiger charge is 2.28. The number of aliphatic hydroxyl groups is 1. The predicted octanol–water partition coefficient (Wildman–Crippen LogP) is 3.15. The number of nitrogens with one attached hydrogen (secondary N) is 2. The Bertz CT molecular complexity index is 1010. The van der Waals surface area contributed by atoms with Gasteiger partial charge in [0.05, 0.1) is 40.4 Å². The van der Waals surface area contributed by atoms with Gasteiger partial charge in [0, 0.05) is 19.9 Å². The maximum Gasteiger partial charge on any atom is 0.224 e. The number of anilines is 2. The first-order valence-electron chi connectivity index (χ1n) is 9.85. The van der Waals surface area contributed by atoms with E-state index < -0.39 is 0 Å². The van der Waals surface area contributed by atoms with Gasteiger partial charge >= 0.3 is 0 Å². The van der Waals surface area contributed by atoms with E-state index in [1.807, 2.05) is 19.9 Å². The molecule has 0 aromatic carbocycles. The summed E-state index contributed by atoms with van der Waals surface area (Å²) >= 11 is 1.60. The number of aryl methyl sites for hydroxylation is 2. The first-order valence-corrected chi connectivity index (χ1v) is 10.7. The molecule has 3 aromatic heterocycles. The second-order valence-electron chi connectivity index (χ2n) is 7.29. The summed E-state index contributed by atoms with van der Waals surface area (Å²) < 4.78 is 6.19. The molecule has 0 radical (unpaired) electrons. The minimum Gasteiger partial charge on any atom is -0.391 e. The smallest absolute Gasteiger partial charge is 0.224 e. The zero-order chi connectivity index (χ0) is 20.4. The van der Waals surface area contributed by atoms with Gasteiger partial charge in [-0.15, -0.1) is 11.3 Å². The first kappa shape index (κ1) is 19.9. The van der Waals surface area contributed by atoms with Crippen LogP contribution in [0.5, 0.6) is 0 Å². The van der Waals surface area contributed by atoms with Gasteiger partial charge in [-0.2, -0.15) is 4.98 Å². The van der Waals surface area contributed by atoms with Crippen LogP contribution in [0, 0.1) is 13.8 Å². The van der Waals surface area contributed by atoms with Gasteiger partial charge < -0.3 is 20.5 Å². The summed E-state index contributed by atoms with van der Waals surface area (Å²) in [7, 11) is 1.66. The molecule has 1 aliphatic carbocycles. The molecule has 2 atom stereocenters. The summed E-state index contributed by atoms with van der Waals surface area (Å²) in [5.41, 5.74) is 3.52. The molecule has 4 rings (SSSR count). The number of nitrogens with zero attached hydrogens (tertiary/aromatic N) is 4. The van der Waals surface area contributed by atoms with Crippen molar-refractivity contribution in [3.63, 3.8) is 0 Å². The monoisotopic (exact) mass is 414 g/mol. The lowest BCUT2D eigenvalue weighted by molar-refractivity contribution is 0.171. The molecule has 3 N–H and O–H groups in total. The number of hydrogen-bond donors (Lipinski definition) is 3. The van der Waals surface area contributed by atoms with Crippen molar-refractivity contribution in [3.8, 4) is 10.6 Å². The fraction of sp³-hybridized carbons (Fsp3) is 0.500. The zero-order valence-electron chi connectivity index (χ0n) is 16.9. The largest absolute Gasteiger partial charge is 0.391 e. The molecule has 1 saturated carbocycles. The third-order valence-electron chi connectivity index (χ3n) is 5.18. The Hall–Kier alpha value is -2.36. The Morgan fingerprint density at radius 1 is 1.21 bits per heavy atom. The molecule has 0 bridgehead atoms. The van der Waals surface area contributed by atoms with Gasteiger partial charge in [0.2, 0.25) is 5.95 Å². The molecule has 9 heteroatoms. The Balaban J connectivity index is 1.76. The number of hydrogen-bond acceptors (Lipinski definition) is 9. The fourth-order valence-corrected chi connectivity index (χ4v) is 4.76. The summed E-state index contributed by atoms with van der Waals surface area (Å²) in [6.45, 7) is 5.11. The van der Waals surface area contributed by atoms with Crippen LogP contribution in [-0.2, 0) is 4.74 Å². The van der Waals surface area contributed by atoms with Crippen molar-refractivity contribution in [1.29, 1.82) is 0 Å². The molecule has 0 saturated heterocycles. The van der Waals surface area contributed by atoms with Crippen LogP contribution in [0.1, 0.15) is 30.7 Å². The average molecular weight is 415 g/mol. The Kier molecular flexibility index (Phi) is 5.89. The van der Waals surface area contributed by atoms with Crippen LogP contribution < -0.4 is 10.6 Å². The number of aromatic nitrogens is 4. The maximum atomic E-state index is 10.3. The minimum atomic E-state index is -0.371. The SMILES string of the molecule is COCCNc1nc(C)c(-c2nc3c(C)nccc3s2)c(N[C@H]2CCC[C@@H]2O)n1. The summed E-state index contributed by atoms with van der Waals surface area (Å²) in [4.78, 5) is 18.5. The fourth-order valence-electron chi connectivity index (χ4n) is 3.65. The number of ether oxygens (including phenoxy) is 1. The second-order valence-corrected chi connectivity index (χ2v) is 8.32. The molecule has 0 unspecified atom stereocenters. The second kappa shape index (κ2) is 8.56. The van der Waals surface area contributed by atoms with E-state index in [0.717, 1.165) is 51.4 Å². The van der Waals surface area contributed by atoms with Crippen LogP contribution in [0.3, 0.4) is 0 Å². The molecule has 0 aliphatic heterocycles. The topological polar surface area (TPSA) is 105 Å². The van der Waals surface area contributed by atoms with Crippen molar-refractivity contribution in [1.82, 2.24) is 19.9 Å². The lowest BCUT2D eigenvalue weighted by Gasteiger charge is -2.20. The molecule has 154 valence electrons. The molecule has 29 heavy (non-hydrogen) atoms. The zero-order valence-corrected chi connectivity index (χ0v) is 17.7. The number of fused-ring (bicyclic) bond motifs is 1. The van der Waals surface area contributed by atoms with Gasteiger partial charge in [0.15, 0.2) is 0 Å². The molecule has 1 fully saturated rings. The van der Waals surface area contributed by atoms with E-state index in [2.05, 4.69) is 20.6 Å². The highest BCUT2D eigenvalue weighted by Crippen LogP contribution is 2.37. The summed E-state index contributed by atoms with van der Waals surface area (Å²) in [6, 6.07) is 1.96. The third kappa shape index (κ3) is 4.17. The number of methoxy groups -OCH3 is 1. The van der Waals surface area contributed by atoms with Gasteiger partial charge in [0.1, 0.15) is 16.3 Å². The van der Waals surface area contributed by atoms with E-state index in [9.17, 15) is 5.11 Å². The number of pyridine rings is 1.